The summed E-state index contributed by atoms with van der Waals surface area (Å²) < 4.78 is 26.1. The first-order chi connectivity index (χ1) is 6.06. The van der Waals surface area contributed by atoms with Gasteiger partial charge in [0.1, 0.15) is 11.6 Å². The van der Waals surface area contributed by atoms with Crippen molar-refractivity contribution in [2.45, 2.75) is 26.4 Å². The molecule has 1 nitrogen and oxygen atoms in total. The first kappa shape index (κ1) is 10.1. The summed E-state index contributed by atoms with van der Waals surface area (Å²) in [4.78, 5) is 0. The lowest BCUT2D eigenvalue weighted by Crippen LogP contribution is -2.01. The van der Waals surface area contributed by atoms with Crippen LogP contribution in [0.1, 0.15) is 30.6 Å². The Hall–Kier alpha value is -0.960. The molecule has 0 unspecified atom stereocenters. The van der Waals surface area contributed by atoms with Crippen LogP contribution in [0.5, 0.6) is 0 Å². The van der Waals surface area contributed by atoms with Gasteiger partial charge in [-0.3, -0.25) is 0 Å². The van der Waals surface area contributed by atoms with Crippen LogP contribution in [0.2, 0.25) is 0 Å². The highest BCUT2D eigenvalue weighted by molar-refractivity contribution is 5.26. The minimum absolute atomic E-state index is 0.0330. The number of aliphatic hydroxyl groups is 1. The van der Waals surface area contributed by atoms with Crippen molar-refractivity contribution in [3.63, 3.8) is 0 Å². The molecule has 0 amide bonds. The van der Waals surface area contributed by atoms with E-state index < -0.39 is 17.7 Å². The number of rotatable bonds is 2. The monoisotopic (exact) mass is 186 g/mol. The molecule has 0 aromatic heterocycles. The zero-order valence-electron chi connectivity index (χ0n) is 7.64. The molecule has 0 spiro atoms. The van der Waals surface area contributed by atoms with E-state index >= 15 is 0 Å². The van der Waals surface area contributed by atoms with Crippen LogP contribution in [0.25, 0.3) is 0 Å². The summed E-state index contributed by atoms with van der Waals surface area (Å²) in [6.45, 7) is 3.20. The van der Waals surface area contributed by atoms with Crippen LogP contribution in [-0.2, 0) is 0 Å². The van der Waals surface area contributed by atoms with Gasteiger partial charge in [-0.1, -0.05) is 6.92 Å². The molecule has 72 valence electrons. The fourth-order valence-electron chi connectivity index (χ4n) is 1.14. The third kappa shape index (κ3) is 2.04. The smallest absolute Gasteiger partial charge is 0.129 e. The third-order valence-electron chi connectivity index (χ3n) is 2.02. The molecular weight excluding hydrogens is 174 g/mol. The number of aryl methyl sites for hydroxylation is 1. The van der Waals surface area contributed by atoms with E-state index in [0.717, 1.165) is 12.1 Å². The molecule has 0 heterocycles. The highest BCUT2D eigenvalue weighted by atomic mass is 19.1. The lowest BCUT2D eigenvalue weighted by atomic mass is 10.0. The number of hydrogen-bond donors (Lipinski definition) is 1. The van der Waals surface area contributed by atoms with Gasteiger partial charge in [-0.2, -0.15) is 0 Å². The maximum Gasteiger partial charge on any atom is 0.129 e. The number of hydrogen-bond acceptors (Lipinski definition) is 1. The largest absolute Gasteiger partial charge is 0.388 e. The van der Waals surface area contributed by atoms with Crippen LogP contribution in [0.15, 0.2) is 12.1 Å². The number of aliphatic hydroxyl groups excluding tert-OH is 1. The number of halogens is 2. The Morgan fingerprint density at radius 2 is 1.92 bits per heavy atom. The molecule has 13 heavy (non-hydrogen) atoms. The van der Waals surface area contributed by atoms with E-state index in [0.29, 0.717) is 6.42 Å². The molecule has 1 atom stereocenters. The average molecular weight is 186 g/mol. The van der Waals surface area contributed by atoms with Crippen LogP contribution in [0.4, 0.5) is 8.78 Å². The van der Waals surface area contributed by atoms with Crippen LogP contribution in [0, 0.1) is 18.6 Å². The second-order valence-corrected chi connectivity index (χ2v) is 3.05. The number of benzene rings is 1. The molecule has 0 bridgehead atoms. The molecule has 0 saturated heterocycles. The molecule has 0 aliphatic heterocycles. The van der Waals surface area contributed by atoms with Crippen molar-refractivity contribution >= 4 is 0 Å². The third-order valence-corrected chi connectivity index (χ3v) is 2.02. The van der Waals surface area contributed by atoms with Crippen LogP contribution in [0.3, 0.4) is 0 Å². The fraction of sp³-hybridized carbons (Fsp3) is 0.400. The van der Waals surface area contributed by atoms with Gasteiger partial charge in [0.25, 0.3) is 0 Å². The van der Waals surface area contributed by atoms with Gasteiger partial charge in [0.15, 0.2) is 0 Å². The Morgan fingerprint density at radius 1 is 1.31 bits per heavy atom. The summed E-state index contributed by atoms with van der Waals surface area (Å²) >= 11 is 0. The van der Waals surface area contributed by atoms with Gasteiger partial charge < -0.3 is 5.11 Å². The molecule has 0 aliphatic carbocycles. The molecule has 0 fully saturated rings. The Morgan fingerprint density at radius 3 is 2.46 bits per heavy atom. The molecule has 1 aromatic rings. The fourth-order valence-corrected chi connectivity index (χ4v) is 1.14. The molecule has 0 aliphatic rings. The van der Waals surface area contributed by atoms with E-state index in [1.54, 1.807) is 6.92 Å². The standard InChI is InChI=1S/C10H12F2O/c1-3-10(13)7-5-8(11)6(2)4-9(7)12/h4-5,10,13H,3H2,1-2H3/t10-/m0/s1. The second-order valence-electron chi connectivity index (χ2n) is 3.05. The first-order valence-electron chi connectivity index (χ1n) is 4.19. The maximum absolute atomic E-state index is 13.1. The van der Waals surface area contributed by atoms with Gasteiger partial charge >= 0.3 is 0 Å². The minimum atomic E-state index is -0.921. The lowest BCUT2D eigenvalue weighted by molar-refractivity contribution is 0.168. The van der Waals surface area contributed by atoms with Crippen molar-refractivity contribution < 1.29 is 13.9 Å². The van der Waals surface area contributed by atoms with Crippen molar-refractivity contribution in [3.8, 4) is 0 Å². The molecule has 1 aromatic carbocycles. The Kier molecular flexibility index (Phi) is 2.98. The second kappa shape index (κ2) is 3.83. The van der Waals surface area contributed by atoms with Gasteiger partial charge in [0, 0.05) is 5.56 Å². The van der Waals surface area contributed by atoms with Crippen molar-refractivity contribution in [1.82, 2.24) is 0 Å². The normalized spacial score (nSPS) is 13.0. The topological polar surface area (TPSA) is 20.2 Å². The molecule has 0 saturated carbocycles. The Balaban J connectivity index is 3.15. The van der Waals surface area contributed by atoms with E-state index in [4.69, 9.17) is 0 Å². The molecular formula is C10H12F2O. The zero-order chi connectivity index (χ0) is 10.0. The minimum Gasteiger partial charge on any atom is -0.388 e. The maximum atomic E-state index is 13.1. The summed E-state index contributed by atoms with van der Waals surface area (Å²) in [5.74, 6) is -1.03. The molecule has 3 heteroatoms. The van der Waals surface area contributed by atoms with Crippen LogP contribution >= 0.6 is 0 Å². The Bertz CT molecular complexity index is 310. The van der Waals surface area contributed by atoms with Crippen molar-refractivity contribution in [3.05, 3.63) is 34.9 Å². The summed E-state index contributed by atoms with van der Waals surface area (Å²) in [5, 5.41) is 9.32. The van der Waals surface area contributed by atoms with Gasteiger partial charge in [0.05, 0.1) is 6.10 Å². The van der Waals surface area contributed by atoms with E-state index in [-0.39, 0.29) is 11.1 Å². The summed E-state index contributed by atoms with van der Waals surface area (Å²) in [7, 11) is 0. The van der Waals surface area contributed by atoms with Crippen molar-refractivity contribution in [2.75, 3.05) is 0 Å². The van der Waals surface area contributed by atoms with E-state index in [9.17, 15) is 13.9 Å². The lowest BCUT2D eigenvalue weighted by Gasteiger charge is -2.10. The summed E-state index contributed by atoms with van der Waals surface area (Å²) in [6.07, 6.45) is -0.547. The predicted molar refractivity (Wildman–Crippen MR) is 46.3 cm³/mol. The van der Waals surface area contributed by atoms with Gasteiger partial charge in [-0.15, -0.1) is 0 Å². The van der Waals surface area contributed by atoms with Crippen LogP contribution in [-0.4, -0.2) is 5.11 Å². The molecule has 1 rings (SSSR count). The van der Waals surface area contributed by atoms with Crippen molar-refractivity contribution in [1.29, 1.82) is 0 Å². The van der Waals surface area contributed by atoms with Gasteiger partial charge in [-0.05, 0) is 31.0 Å². The quantitative estimate of drug-likeness (QED) is 0.752. The van der Waals surface area contributed by atoms with Crippen molar-refractivity contribution in [2.24, 2.45) is 0 Å². The predicted octanol–water partition coefficient (Wildman–Crippen LogP) is 2.72. The highest BCUT2D eigenvalue weighted by Crippen LogP contribution is 2.22. The molecule has 1 N–H and O–H groups in total. The average Bonchev–Trinajstić information content (AvgIpc) is 2.10. The summed E-state index contributed by atoms with van der Waals surface area (Å²) in [5.41, 5.74) is 0.287. The van der Waals surface area contributed by atoms with Crippen LogP contribution < -0.4 is 0 Å². The van der Waals surface area contributed by atoms with Gasteiger partial charge in [-0.25, -0.2) is 8.78 Å². The zero-order valence-corrected chi connectivity index (χ0v) is 7.64. The van der Waals surface area contributed by atoms with E-state index in [1.807, 2.05) is 0 Å². The van der Waals surface area contributed by atoms with E-state index in [2.05, 4.69) is 0 Å². The van der Waals surface area contributed by atoms with Gasteiger partial charge in [0.2, 0.25) is 0 Å². The Labute approximate surface area is 76.0 Å². The first-order valence-corrected chi connectivity index (χ1v) is 4.19. The molecule has 0 radical (unpaired) electrons. The van der Waals surface area contributed by atoms with E-state index in [1.165, 1.54) is 6.92 Å². The summed E-state index contributed by atoms with van der Waals surface area (Å²) in [6, 6.07) is 2.16. The highest BCUT2D eigenvalue weighted by Gasteiger charge is 2.13. The SMILES string of the molecule is CC[C@H](O)c1cc(F)c(C)cc1F.